The molecule has 140 valence electrons. The fourth-order valence-corrected chi connectivity index (χ4v) is 5.09. The van der Waals surface area contributed by atoms with Crippen molar-refractivity contribution in [1.29, 1.82) is 0 Å². The van der Waals surface area contributed by atoms with Gasteiger partial charge in [0.2, 0.25) is 0 Å². The van der Waals surface area contributed by atoms with Gasteiger partial charge in [0.05, 0.1) is 16.2 Å². The quantitative estimate of drug-likeness (QED) is 0.680. The van der Waals surface area contributed by atoms with Crippen LogP contribution in [0.2, 0.25) is 0 Å². The van der Waals surface area contributed by atoms with Gasteiger partial charge in [-0.25, -0.2) is 9.97 Å². The SMILES string of the molecule is Cc1nc(C2CCN(C(=O)c3nc(C4CC4)n4ccccc34)CC2)sc1C. The molecule has 0 aromatic carbocycles. The minimum absolute atomic E-state index is 0.0792. The second-order valence-corrected chi connectivity index (χ2v) is 9.04. The van der Waals surface area contributed by atoms with E-state index < -0.39 is 0 Å². The highest BCUT2D eigenvalue weighted by atomic mass is 32.1. The number of amides is 1. The van der Waals surface area contributed by atoms with Gasteiger partial charge in [-0.05, 0) is 51.7 Å². The molecule has 0 N–H and O–H groups in total. The van der Waals surface area contributed by atoms with Crippen molar-refractivity contribution in [3.63, 3.8) is 0 Å². The summed E-state index contributed by atoms with van der Waals surface area (Å²) in [6.07, 6.45) is 6.37. The molecule has 2 fully saturated rings. The Kier molecular flexibility index (Phi) is 4.04. The topological polar surface area (TPSA) is 50.5 Å². The second kappa shape index (κ2) is 6.44. The van der Waals surface area contributed by atoms with E-state index in [1.165, 1.54) is 22.7 Å². The molecule has 0 atom stereocenters. The first kappa shape index (κ1) is 16.9. The summed E-state index contributed by atoms with van der Waals surface area (Å²) in [5.41, 5.74) is 2.71. The first-order chi connectivity index (χ1) is 13.1. The van der Waals surface area contributed by atoms with Gasteiger partial charge in [0.15, 0.2) is 5.69 Å². The Morgan fingerprint density at radius 3 is 2.52 bits per heavy atom. The van der Waals surface area contributed by atoms with Crippen molar-refractivity contribution < 1.29 is 4.79 Å². The summed E-state index contributed by atoms with van der Waals surface area (Å²) >= 11 is 1.81. The van der Waals surface area contributed by atoms with Crippen LogP contribution < -0.4 is 0 Å². The van der Waals surface area contributed by atoms with E-state index in [1.54, 1.807) is 0 Å². The number of carbonyl (C=O) groups is 1. The van der Waals surface area contributed by atoms with E-state index in [0.717, 1.165) is 43.0 Å². The molecule has 0 bridgehead atoms. The van der Waals surface area contributed by atoms with Gasteiger partial charge in [-0.1, -0.05) is 6.07 Å². The molecule has 0 unspecified atom stereocenters. The fourth-order valence-electron chi connectivity index (χ4n) is 4.00. The summed E-state index contributed by atoms with van der Waals surface area (Å²) < 4.78 is 2.11. The number of hydrogen-bond donors (Lipinski definition) is 0. The molecule has 1 saturated heterocycles. The molecule has 2 aliphatic rings. The fraction of sp³-hybridized carbons (Fsp3) is 0.476. The zero-order valence-electron chi connectivity index (χ0n) is 15.8. The number of likely N-dealkylation sites (tertiary alicyclic amines) is 1. The summed E-state index contributed by atoms with van der Waals surface area (Å²) in [6.45, 7) is 5.78. The van der Waals surface area contributed by atoms with Crippen LogP contribution in [0.25, 0.3) is 5.52 Å². The van der Waals surface area contributed by atoms with Gasteiger partial charge in [0.1, 0.15) is 5.82 Å². The molecule has 1 saturated carbocycles. The lowest BCUT2D eigenvalue weighted by molar-refractivity contribution is 0.0709. The van der Waals surface area contributed by atoms with Crippen molar-refractivity contribution in [3.05, 3.63) is 51.5 Å². The van der Waals surface area contributed by atoms with Crippen molar-refractivity contribution >= 4 is 22.8 Å². The third-order valence-corrected chi connectivity index (χ3v) is 7.13. The Hall–Kier alpha value is -2.21. The van der Waals surface area contributed by atoms with Gasteiger partial charge in [0, 0.05) is 36.0 Å². The lowest BCUT2D eigenvalue weighted by Gasteiger charge is -2.30. The maximum absolute atomic E-state index is 13.2. The van der Waals surface area contributed by atoms with Crippen molar-refractivity contribution in [2.24, 2.45) is 0 Å². The summed E-state index contributed by atoms with van der Waals surface area (Å²) in [6, 6.07) is 6.02. The van der Waals surface area contributed by atoms with E-state index in [1.807, 2.05) is 40.6 Å². The highest BCUT2D eigenvalue weighted by Crippen LogP contribution is 2.40. The summed E-state index contributed by atoms with van der Waals surface area (Å²) in [5.74, 6) is 2.13. The molecule has 4 heterocycles. The molecule has 0 radical (unpaired) electrons. The average molecular weight is 381 g/mol. The van der Waals surface area contributed by atoms with E-state index in [-0.39, 0.29) is 5.91 Å². The third kappa shape index (κ3) is 2.96. The number of thiazole rings is 1. The van der Waals surface area contributed by atoms with E-state index in [2.05, 4.69) is 18.2 Å². The number of carbonyl (C=O) groups excluding carboxylic acids is 1. The van der Waals surface area contributed by atoms with Crippen LogP contribution in [-0.2, 0) is 0 Å². The first-order valence-electron chi connectivity index (χ1n) is 9.82. The van der Waals surface area contributed by atoms with Crippen molar-refractivity contribution in [2.75, 3.05) is 13.1 Å². The van der Waals surface area contributed by atoms with Crippen LogP contribution in [-0.4, -0.2) is 38.3 Å². The lowest BCUT2D eigenvalue weighted by Crippen LogP contribution is -2.38. The molecular weight excluding hydrogens is 356 g/mol. The van der Waals surface area contributed by atoms with Gasteiger partial charge in [-0.15, -0.1) is 11.3 Å². The minimum atomic E-state index is 0.0792. The monoisotopic (exact) mass is 380 g/mol. The molecule has 6 heteroatoms. The molecule has 3 aromatic rings. The Balaban J connectivity index is 1.36. The Morgan fingerprint density at radius 1 is 1.07 bits per heavy atom. The van der Waals surface area contributed by atoms with Crippen LogP contribution in [0, 0.1) is 13.8 Å². The number of fused-ring (bicyclic) bond motifs is 1. The maximum atomic E-state index is 13.2. The smallest absolute Gasteiger partial charge is 0.274 e. The number of aromatic nitrogens is 3. The average Bonchev–Trinajstić information content (AvgIpc) is 3.38. The molecule has 0 spiro atoms. The number of rotatable bonds is 3. The lowest BCUT2D eigenvalue weighted by atomic mass is 9.97. The van der Waals surface area contributed by atoms with E-state index in [9.17, 15) is 4.79 Å². The predicted octanol–water partition coefficient (Wildman–Crippen LogP) is 4.30. The molecule has 1 aliphatic heterocycles. The number of pyridine rings is 1. The van der Waals surface area contributed by atoms with Crippen molar-refractivity contribution in [1.82, 2.24) is 19.3 Å². The molecule has 1 aliphatic carbocycles. The van der Waals surface area contributed by atoms with Gasteiger partial charge >= 0.3 is 0 Å². The molecule has 3 aromatic heterocycles. The van der Waals surface area contributed by atoms with Crippen LogP contribution >= 0.6 is 11.3 Å². The van der Waals surface area contributed by atoms with Crippen LogP contribution in [0.5, 0.6) is 0 Å². The normalized spacial score (nSPS) is 18.4. The zero-order valence-corrected chi connectivity index (χ0v) is 16.6. The number of piperidine rings is 1. The molecule has 5 rings (SSSR count). The van der Waals surface area contributed by atoms with Gasteiger partial charge in [-0.2, -0.15) is 0 Å². The van der Waals surface area contributed by atoms with E-state index in [0.29, 0.717) is 17.5 Å². The Labute approximate surface area is 163 Å². The minimum Gasteiger partial charge on any atom is -0.337 e. The van der Waals surface area contributed by atoms with Crippen molar-refractivity contribution in [3.8, 4) is 0 Å². The maximum Gasteiger partial charge on any atom is 0.274 e. The van der Waals surface area contributed by atoms with E-state index >= 15 is 0 Å². The predicted molar refractivity (Wildman–Crippen MR) is 107 cm³/mol. The number of imidazole rings is 1. The van der Waals surface area contributed by atoms with Gasteiger partial charge in [0.25, 0.3) is 5.91 Å². The highest BCUT2D eigenvalue weighted by molar-refractivity contribution is 7.11. The standard InChI is InChI=1S/C21H24N4OS/c1-13-14(2)27-20(22-13)16-8-11-24(12-9-16)21(26)18-17-5-3-4-10-25(17)19(23-18)15-6-7-15/h3-5,10,15-16H,6-9,11-12H2,1-2H3. The third-order valence-electron chi connectivity index (χ3n) is 5.90. The van der Waals surface area contributed by atoms with Gasteiger partial charge in [-0.3, -0.25) is 4.79 Å². The summed E-state index contributed by atoms with van der Waals surface area (Å²) in [7, 11) is 0. The number of aryl methyl sites for hydroxylation is 2. The first-order valence-corrected chi connectivity index (χ1v) is 10.6. The van der Waals surface area contributed by atoms with E-state index in [4.69, 9.17) is 9.97 Å². The molecular formula is C21H24N4OS. The second-order valence-electron chi connectivity index (χ2n) is 7.81. The Bertz CT molecular complexity index is 989. The van der Waals surface area contributed by atoms with Crippen LogP contribution in [0.1, 0.15) is 69.4 Å². The summed E-state index contributed by atoms with van der Waals surface area (Å²) in [5, 5.41) is 1.24. The highest BCUT2D eigenvalue weighted by Gasteiger charge is 2.33. The van der Waals surface area contributed by atoms with Gasteiger partial charge < -0.3 is 9.30 Å². The molecule has 1 amide bonds. The van der Waals surface area contributed by atoms with Crippen LogP contribution in [0.3, 0.4) is 0 Å². The van der Waals surface area contributed by atoms with Crippen LogP contribution in [0.4, 0.5) is 0 Å². The van der Waals surface area contributed by atoms with Crippen molar-refractivity contribution in [2.45, 2.75) is 51.4 Å². The Morgan fingerprint density at radius 2 is 1.85 bits per heavy atom. The number of nitrogens with zero attached hydrogens (tertiary/aromatic N) is 4. The molecule has 27 heavy (non-hydrogen) atoms. The largest absolute Gasteiger partial charge is 0.337 e. The number of hydrogen-bond acceptors (Lipinski definition) is 4. The van der Waals surface area contributed by atoms with Crippen LogP contribution in [0.15, 0.2) is 24.4 Å². The molecule has 5 nitrogen and oxygen atoms in total. The summed E-state index contributed by atoms with van der Waals surface area (Å²) in [4.78, 5) is 26.0. The zero-order chi connectivity index (χ0) is 18.5.